The van der Waals surface area contributed by atoms with E-state index in [-0.39, 0.29) is 5.97 Å². The molecule has 106 valence electrons. The summed E-state index contributed by atoms with van der Waals surface area (Å²) in [6.45, 7) is 2.76. The number of anilines is 2. The fourth-order valence-electron chi connectivity index (χ4n) is 2.19. The summed E-state index contributed by atoms with van der Waals surface area (Å²) >= 11 is 0. The van der Waals surface area contributed by atoms with E-state index >= 15 is 0 Å². The molecule has 0 saturated heterocycles. The second kappa shape index (κ2) is 6.29. The molecule has 1 aliphatic rings. The summed E-state index contributed by atoms with van der Waals surface area (Å²) in [7, 11) is 0. The first-order valence-corrected chi connectivity index (χ1v) is 6.87. The normalized spacial score (nSPS) is 13.6. The Morgan fingerprint density at radius 3 is 2.90 bits per heavy atom. The summed E-state index contributed by atoms with van der Waals surface area (Å²) in [5, 5.41) is 8.76. The molecule has 5 heteroatoms. The van der Waals surface area contributed by atoms with Crippen LogP contribution in [0.5, 0.6) is 0 Å². The van der Waals surface area contributed by atoms with E-state index in [0.29, 0.717) is 36.9 Å². The van der Waals surface area contributed by atoms with Crippen molar-refractivity contribution in [3.8, 4) is 6.07 Å². The molecule has 1 aliphatic carbocycles. The topological polar surface area (TPSA) is 79.3 Å². The molecule has 1 aromatic rings. The minimum atomic E-state index is -0.343. The van der Waals surface area contributed by atoms with E-state index in [4.69, 9.17) is 15.7 Å². The molecule has 0 atom stereocenters. The van der Waals surface area contributed by atoms with Crippen LogP contribution in [0.2, 0.25) is 0 Å². The molecule has 1 fully saturated rings. The summed E-state index contributed by atoms with van der Waals surface area (Å²) in [6, 6.07) is 7.75. The van der Waals surface area contributed by atoms with E-state index in [0.717, 1.165) is 18.5 Å². The van der Waals surface area contributed by atoms with Crippen LogP contribution >= 0.6 is 0 Å². The highest BCUT2D eigenvalue weighted by atomic mass is 16.5. The summed E-state index contributed by atoms with van der Waals surface area (Å²) in [5.41, 5.74) is 7.98. The third-order valence-electron chi connectivity index (χ3n) is 3.30. The lowest BCUT2D eigenvalue weighted by molar-refractivity contribution is 0.0526. The molecule has 1 aromatic carbocycles. The van der Waals surface area contributed by atoms with Gasteiger partial charge in [-0.1, -0.05) is 0 Å². The van der Waals surface area contributed by atoms with Crippen molar-refractivity contribution in [1.29, 1.82) is 5.26 Å². The lowest BCUT2D eigenvalue weighted by Crippen LogP contribution is -2.27. The average Bonchev–Trinajstić information content (AvgIpc) is 3.26. The molecule has 0 radical (unpaired) electrons. The Morgan fingerprint density at radius 1 is 1.55 bits per heavy atom. The molecular weight excluding hydrogens is 254 g/mol. The maximum Gasteiger partial charge on any atom is 0.338 e. The van der Waals surface area contributed by atoms with Crippen molar-refractivity contribution >= 4 is 17.3 Å². The van der Waals surface area contributed by atoms with Gasteiger partial charge in [0.1, 0.15) is 0 Å². The first kappa shape index (κ1) is 14.2. The van der Waals surface area contributed by atoms with Crippen molar-refractivity contribution < 1.29 is 9.53 Å². The quantitative estimate of drug-likeness (QED) is 0.635. The van der Waals surface area contributed by atoms with Gasteiger partial charge < -0.3 is 15.4 Å². The monoisotopic (exact) mass is 273 g/mol. The Labute approximate surface area is 118 Å². The highest BCUT2D eigenvalue weighted by Crippen LogP contribution is 2.35. The minimum absolute atomic E-state index is 0.343. The predicted octanol–water partition coefficient (Wildman–Crippen LogP) is 2.33. The smallest absolute Gasteiger partial charge is 0.338 e. The molecule has 0 bridgehead atoms. The Bertz CT molecular complexity index is 532. The Kier molecular flexibility index (Phi) is 4.46. The highest BCUT2D eigenvalue weighted by molar-refractivity contribution is 5.92. The Morgan fingerprint density at radius 2 is 2.30 bits per heavy atom. The van der Waals surface area contributed by atoms with Gasteiger partial charge in [-0.3, -0.25) is 0 Å². The molecular formula is C15H19N3O2. The van der Waals surface area contributed by atoms with E-state index in [2.05, 4.69) is 11.0 Å². The van der Waals surface area contributed by atoms with Gasteiger partial charge in [0.2, 0.25) is 0 Å². The summed E-state index contributed by atoms with van der Waals surface area (Å²) in [4.78, 5) is 13.9. The minimum Gasteiger partial charge on any atom is -0.462 e. The number of hydrogen-bond acceptors (Lipinski definition) is 5. The van der Waals surface area contributed by atoms with Crippen molar-refractivity contribution in [3.63, 3.8) is 0 Å². The fraction of sp³-hybridized carbons (Fsp3) is 0.467. The van der Waals surface area contributed by atoms with Crippen LogP contribution in [-0.4, -0.2) is 25.2 Å². The van der Waals surface area contributed by atoms with Crippen molar-refractivity contribution in [2.75, 3.05) is 23.8 Å². The van der Waals surface area contributed by atoms with Crippen molar-refractivity contribution in [1.82, 2.24) is 0 Å². The number of carbonyl (C=O) groups excluding carboxylic acids is 1. The van der Waals surface area contributed by atoms with Gasteiger partial charge >= 0.3 is 5.97 Å². The average molecular weight is 273 g/mol. The van der Waals surface area contributed by atoms with Crippen LogP contribution in [0.1, 0.15) is 36.5 Å². The second-order valence-corrected chi connectivity index (χ2v) is 4.83. The van der Waals surface area contributed by atoms with Gasteiger partial charge in [0.15, 0.2) is 0 Å². The maximum absolute atomic E-state index is 11.8. The molecule has 0 aliphatic heterocycles. The molecule has 2 N–H and O–H groups in total. The van der Waals surface area contributed by atoms with Gasteiger partial charge in [-0.25, -0.2) is 4.79 Å². The second-order valence-electron chi connectivity index (χ2n) is 4.83. The molecule has 0 amide bonds. The lowest BCUT2D eigenvalue weighted by Gasteiger charge is -2.25. The Hall–Kier alpha value is -2.22. The number of carbonyl (C=O) groups is 1. The van der Waals surface area contributed by atoms with E-state index in [1.807, 2.05) is 0 Å². The summed E-state index contributed by atoms with van der Waals surface area (Å²) < 4.78 is 5.01. The van der Waals surface area contributed by atoms with Gasteiger partial charge in [-0.2, -0.15) is 5.26 Å². The van der Waals surface area contributed by atoms with Crippen LogP contribution in [0.3, 0.4) is 0 Å². The van der Waals surface area contributed by atoms with Crippen LogP contribution < -0.4 is 10.6 Å². The van der Waals surface area contributed by atoms with Crippen molar-refractivity contribution in [3.05, 3.63) is 23.8 Å². The van der Waals surface area contributed by atoms with Crippen molar-refractivity contribution in [2.45, 2.75) is 32.2 Å². The van der Waals surface area contributed by atoms with Crippen LogP contribution in [0.25, 0.3) is 0 Å². The van der Waals surface area contributed by atoms with E-state index in [1.165, 1.54) is 0 Å². The molecule has 0 unspecified atom stereocenters. The molecule has 0 heterocycles. The van der Waals surface area contributed by atoms with E-state index in [1.54, 1.807) is 25.1 Å². The molecule has 20 heavy (non-hydrogen) atoms. The van der Waals surface area contributed by atoms with E-state index < -0.39 is 0 Å². The number of benzene rings is 1. The predicted molar refractivity (Wildman–Crippen MR) is 77.4 cm³/mol. The summed E-state index contributed by atoms with van der Waals surface area (Å²) in [5.74, 6) is -0.343. The number of nitrogens with two attached hydrogens (primary N) is 1. The first-order chi connectivity index (χ1) is 9.67. The number of nitriles is 1. The number of esters is 1. The first-order valence-electron chi connectivity index (χ1n) is 6.87. The third-order valence-corrected chi connectivity index (χ3v) is 3.30. The maximum atomic E-state index is 11.8. The van der Waals surface area contributed by atoms with Crippen molar-refractivity contribution in [2.24, 2.45) is 0 Å². The SMILES string of the molecule is CCOC(=O)c1ccc(N)c(N(CCC#N)C2CC2)c1. The van der Waals surface area contributed by atoms with Gasteiger partial charge in [0, 0.05) is 12.6 Å². The van der Waals surface area contributed by atoms with Gasteiger partial charge in [-0.15, -0.1) is 0 Å². The standard InChI is InChI=1S/C15H19N3O2/c1-2-20-15(19)11-4-7-13(17)14(10-11)18(9-3-8-16)12-5-6-12/h4,7,10,12H,2-3,5-6,9,17H2,1H3. The molecule has 0 aromatic heterocycles. The molecule has 2 rings (SSSR count). The third kappa shape index (κ3) is 3.21. The molecule has 0 spiro atoms. The number of nitrogens with zero attached hydrogens (tertiary/aromatic N) is 2. The Balaban J connectivity index is 2.26. The number of hydrogen-bond donors (Lipinski definition) is 1. The largest absolute Gasteiger partial charge is 0.462 e. The number of rotatable bonds is 6. The van der Waals surface area contributed by atoms with Crippen LogP contribution in [0, 0.1) is 11.3 Å². The van der Waals surface area contributed by atoms with Crippen LogP contribution in [0.4, 0.5) is 11.4 Å². The lowest BCUT2D eigenvalue weighted by atomic mass is 10.1. The molecule has 5 nitrogen and oxygen atoms in total. The van der Waals surface area contributed by atoms with Gasteiger partial charge in [-0.05, 0) is 38.0 Å². The van der Waals surface area contributed by atoms with Gasteiger partial charge in [0.25, 0.3) is 0 Å². The summed E-state index contributed by atoms with van der Waals surface area (Å²) in [6.07, 6.45) is 2.66. The highest BCUT2D eigenvalue weighted by Gasteiger charge is 2.30. The zero-order valence-corrected chi connectivity index (χ0v) is 11.6. The van der Waals surface area contributed by atoms with Crippen LogP contribution in [0.15, 0.2) is 18.2 Å². The van der Waals surface area contributed by atoms with Crippen LogP contribution in [-0.2, 0) is 4.74 Å². The molecule has 1 saturated carbocycles. The van der Waals surface area contributed by atoms with Gasteiger partial charge in [0.05, 0.1) is 36.0 Å². The van der Waals surface area contributed by atoms with E-state index in [9.17, 15) is 4.79 Å². The fourth-order valence-corrected chi connectivity index (χ4v) is 2.19. The number of ether oxygens (including phenoxy) is 1. The zero-order chi connectivity index (χ0) is 14.5. The zero-order valence-electron chi connectivity index (χ0n) is 11.6. The number of nitrogen functional groups attached to an aromatic ring is 1.